The van der Waals surface area contributed by atoms with E-state index in [1.807, 2.05) is 19.1 Å². The van der Waals surface area contributed by atoms with Crippen molar-refractivity contribution in [3.8, 4) is 0 Å². The van der Waals surface area contributed by atoms with Crippen LogP contribution in [0.25, 0.3) is 5.65 Å². The summed E-state index contributed by atoms with van der Waals surface area (Å²) in [4.78, 5) is 41.4. The van der Waals surface area contributed by atoms with Gasteiger partial charge in [0.25, 0.3) is 5.91 Å². The molecule has 9 heteroatoms. The van der Waals surface area contributed by atoms with Crippen molar-refractivity contribution in [2.45, 2.75) is 13.3 Å². The van der Waals surface area contributed by atoms with Crippen molar-refractivity contribution < 1.29 is 23.5 Å². The quantitative estimate of drug-likeness (QED) is 0.611. The molecule has 0 atom stereocenters. The summed E-state index contributed by atoms with van der Waals surface area (Å²) >= 11 is 0. The Hall–Kier alpha value is -3.75. The fourth-order valence-electron chi connectivity index (χ4n) is 2.77. The van der Waals surface area contributed by atoms with E-state index in [1.165, 1.54) is 35.4 Å². The molecule has 3 aromatic rings. The topological polar surface area (TPSA) is 107 Å². The molecule has 2 amide bonds. The molecule has 0 saturated heterocycles. The van der Waals surface area contributed by atoms with Gasteiger partial charge in [-0.05, 0) is 43.3 Å². The first-order chi connectivity index (χ1) is 13.8. The predicted molar refractivity (Wildman–Crippen MR) is 103 cm³/mol. The summed E-state index contributed by atoms with van der Waals surface area (Å²) in [5.74, 6) is -2.40. The number of fused-ring (bicyclic) bond motifs is 1. The van der Waals surface area contributed by atoms with E-state index >= 15 is 0 Å². The summed E-state index contributed by atoms with van der Waals surface area (Å²) in [7, 11) is 0. The van der Waals surface area contributed by atoms with Crippen molar-refractivity contribution in [2.24, 2.45) is 5.73 Å². The van der Waals surface area contributed by atoms with Gasteiger partial charge < -0.3 is 19.8 Å². The number of hydrogen-bond acceptors (Lipinski definition) is 5. The van der Waals surface area contributed by atoms with Gasteiger partial charge >= 0.3 is 5.97 Å². The van der Waals surface area contributed by atoms with E-state index < -0.39 is 30.2 Å². The molecule has 0 unspecified atom stereocenters. The van der Waals surface area contributed by atoms with Crippen molar-refractivity contribution in [3.63, 3.8) is 0 Å². The highest BCUT2D eigenvalue weighted by atomic mass is 19.1. The Kier molecular flexibility index (Phi) is 5.87. The van der Waals surface area contributed by atoms with Crippen LogP contribution in [-0.4, -0.2) is 40.3 Å². The maximum absolute atomic E-state index is 13.2. The lowest BCUT2D eigenvalue weighted by Crippen LogP contribution is -2.37. The lowest BCUT2D eigenvalue weighted by atomic mass is 10.2. The van der Waals surface area contributed by atoms with Crippen LogP contribution in [-0.2, 0) is 14.3 Å². The Balaban J connectivity index is 1.71. The average molecular weight is 398 g/mol. The van der Waals surface area contributed by atoms with E-state index in [0.29, 0.717) is 11.3 Å². The summed E-state index contributed by atoms with van der Waals surface area (Å²) < 4.78 is 20.0. The van der Waals surface area contributed by atoms with Crippen LogP contribution in [0.5, 0.6) is 0 Å². The molecule has 0 radical (unpaired) electrons. The SMILES string of the molecule is Cc1cccc2nc(C(=O)OCC(=O)N(CCC(N)=O)c3ccc(F)cc3)cn12. The lowest BCUT2D eigenvalue weighted by Gasteiger charge is -2.22. The Labute approximate surface area is 165 Å². The van der Waals surface area contributed by atoms with Crippen molar-refractivity contribution in [1.82, 2.24) is 9.38 Å². The second kappa shape index (κ2) is 8.51. The second-order valence-electron chi connectivity index (χ2n) is 6.34. The van der Waals surface area contributed by atoms with Crippen molar-refractivity contribution in [2.75, 3.05) is 18.1 Å². The molecule has 150 valence electrons. The van der Waals surface area contributed by atoms with Crippen molar-refractivity contribution in [3.05, 3.63) is 65.9 Å². The minimum absolute atomic E-state index is 0.0229. The van der Waals surface area contributed by atoms with Gasteiger partial charge in [0.1, 0.15) is 11.5 Å². The van der Waals surface area contributed by atoms with Gasteiger partial charge in [0.15, 0.2) is 12.3 Å². The van der Waals surface area contributed by atoms with Gasteiger partial charge in [0, 0.05) is 30.5 Å². The summed E-state index contributed by atoms with van der Waals surface area (Å²) in [5, 5.41) is 0. The molecular weight excluding hydrogens is 379 g/mol. The number of anilines is 1. The van der Waals surface area contributed by atoms with Crippen molar-refractivity contribution >= 4 is 29.1 Å². The van der Waals surface area contributed by atoms with Crippen LogP contribution in [0.3, 0.4) is 0 Å². The third-order valence-electron chi connectivity index (χ3n) is 4.25. The van der Waals surface area contributed by atoms with Gasteiger partial charge in [-0.3, -0.25) is 9.59 Å². The first kappa shape index (κ1) is 20.0. The minimum atomic E-state index is -0.754. The first-order valence-corrected chi connectivity index (χ1v) is 8.81. The second-order valence-corrected chi connectivity index (χ2v) is 6.34. The fourth-order valence-corrected chi connectivity index (χ4v) is 2.77. The number of carbonyl (C=O) groups excluding carboxylic acids is 3. The van der Waals surface area contributed by atoms with Crippen LogP contribution < -0.4 is 10.6 Å². The molecule has 8 nitrogen and oxygen atoms in total. The molecule has 1 aromatic carbocycles. The van der Waals surface area contributed by atoms with Gasteiger partial charge in [-0.25, -0.2) is 14.2 Å². The number of benzene rings is 1. The van der Waals surface area contributed by atoms with Crippen molar-refractivity contribution in [1.29, 1.82) is 0 Å². The number of nitrogens with zero attached hydrogens (tertiary/aromatic N) is 3. The monoisotopic (exact) mass is 398 g/mol. The molecule has 2 heterocycles. The van der Waals surface area contributed by atoms with E-state index in [-0.39, 0.29) is 18.7 Å². The van der Waals surface area contributed by atoms with E-state index in [0.717, 1.165) is 5.69 Å². The summed E-state index contributed by atoms with van der Waals surface area (Å²) in [6.45, 7) is 1.28. The van der Waals surface area contributed by atoms with E-state index in [9.17, 15) is 18.8 Å². The normalized spacial score (nSPS) is 10.7. The molecule has 0 fully saturated rings. The highest BCUT2D eigenvalue weighted by molar-refractivity contribution is 5.97. The number of hydrogen-bond donors (Lipinski definition) is 1. The highest BCUT2D eigenvalue weighted by Crippen LogP contribution is 2.16. The number of amides is 2. The molecule has 0 spiro atoms. The number of ether oxygens (including phenoxy) is 1. The molecule has 0 saturated carbocycles. The number of pyridine rings is 1. The summed E-state index contributed by atoms with van der Waals surface area (Å²) in [6, 6.07) is 10.6. The maximum Gasteiger partial charge on any atom is 0.359 e. The number of halogens is 1. The minimum Gasteiger partial charge on any atom is -0.451 e. The number of esters is 1. The number of rotatable bonds is 7. The van der Waals surface area contributed by atoms with Crippen LogP contribution in [0.4, 0.5) is 10.1 Å². The van der Waals surface area contributed by atoms with Crippen LogP contribution in [0.1, 0.15) is 22.6 Å². The van der Waals surface area contributed by atoms with Gasteiger partial charge in [-0.15, -0.1) is 0 Å². The Morgan fingerprint density at radius 1 is 1.17 bits per heavy atom. The predicted octanol–water partition coefficient (Wildman–Crippen LogP) is 1.85. The van der Waals surface area contributed by atoms with Gasteiger partial charge in [0.05, 0.1) is 0 Å². The molecule has 0 aliphatic heterocycles. The number of aryl methyl sites for hydroxylation is 1. The zero-order valence-corrected chi connectivity index (χ0v) is 15.7. The Bertz CT molecular complexity index is 1060. The van der Waals surface area contributed by atoms with Gasteiger partial charge in [0.2, 0.25) is 5.91 Å². The number of primary amides is 1. The third kappa shape index (κ3) is 4.75. The number of aromatic nitrogens is 2. The fraction of sp³-hybridized carbons (Fsp3) is 0.200. The zero-order valence-electron chi connectivity index (χ0n) is 15.7. The largest absolute Gasteiger partial charge is 0.451 e. The number of carbonyl (C=O) groups is 3. The highest BCUT2D eigenvalue weighted by Gasteiger charge is 2.20. The van der Waals surface area contributed by atoms with E-state index in [2.05, 4.69) is 4.98 Å². The Morgan fingerprint density at radius 3 is 2.55 bits per heavy atom. The molecule has 29 heavy (non-hydrogen) atoms. The third-order valence-corrected chi connectivity index (χ3v) is 4.25. The molecule has 0 bridgehead atoms. The van der Waals surface area contributed by atoms with Gasteiger partial charge in [-0.1, -0.05) is 6.07 Å². The van der Waals surface area contributed by atoms with Crippen LogP contribution in [0.2, 0.25) is 0 Å². The zero-order chi connectivity index (χ0) is 21.0. The Morgan fingerprint density at radius 2 is 1.90 bits per heavy atom. The average Bonchev–Trinajstić information content (AvgIpc) is 3.13. The van der Waals surface area contributed by atoms with E-state index in [1.54, 1.807) is 10.5 Å². The molecular formula is C20H19FN4O4. The van der Waals surface area contributed by atoms with Gasteiger partial charge in [-0.2, -0.15) is 0 Å². The molecule has 0 aliphatic rings. The summed E-state index contributed by atoms with van der Waals surface area (Å²) in [5.41, 5.74) is 7.05. The summed E-state index contributed by atoms with van der Waals surface area (Å²) in [6.07, 6.45) is 1.44. The van der Waals surface area contributed by atoms with Crippen LogP contribution in [0, 0.1) is 12.7 Å². The lowest BCUT2D eigenvalue weighted by molar-refractivity contribution is -0.121. The molecule has 3 rings (SSSR count). The number of imidazole rings is 1. The maximum atomic E-state index is 13.2. The number of nitrogens with two attached hydrogens (primary N) is 1. The van der Waals surface area contributed by atoms with E-state index in [4.69, 9.17) is 10.5 Å². The standard InChI is InChI=1S/C20H19FN4O4/c1-13-3-2-4-18-23-16(11-25(13)18)20(28)29-12-19(27)24(10-9-17(22)26)15-7-5-14(21)6-8-15/h2-8,11H,9-10,12H2,1H3,(H2,22,26). The molecule has 0 aliphatic carbocycles. The smallest absolute Gasteiger partial charge is 0.359 e. The van der Waals surface area contributed by atoms with Crippen LogP contribution in [0.15, 0.2) is 48.7 Å². The first-order valence-electron chi connectivity index (χ1n) is 8.81. The van der Waals surface area contributed by atoms with Crippen LogP contribution >= 0.6 is 0 Å². The molecule has 2 N–H and O–H groups in total. The molecule has 2 aromatic heterocycles.